The van der Waals surface area contributed by atoms with Crippen molar-refractivity contribution in [2.24, 2.45) is 0 Å². The maximum absolute atomic E-state index is 5.44. The second-order valence-corrected chi connectivity index (χ2v) is 4.34. The number of aromatic amines is 1. The monoisotopic (exact) mass is 253 g/mol. The smallest absolute Gasteiger partial charge is 0.131 e. The highest BCUT2D eigenvalue weighted by Crippen LogP contribution is 2.34. The van der Waals surface area contributed by atoms with Crippen LogP contribution in [0.5, 0.6) is 11.5 Å². The Hall–Kier alpha value is -2.42. The summed E-state index contributed by atoms with van der Waals surface area (Å²) in [6.07, 6.45) is 0. The van der Waals surface area contributed by atoms with Gasteiger partial charge in [0, 0.05) is 22.5 Å². The molecule has 0 saturated carbocycles. The SMILES string of the molecule is COc1ccc(-c2cc3ccccc3[nH]2)c(OC)c1. The summed E-state index contributed by atoms with van der Waals surface area (Å²) in [5.74, 6) is 1.59. The second kappa shape index (κ2) is 4.69. The highest BCUT2D eigenvalue weighted by Gasteiger charge is 2.09. The number of aromatic nitrogens is 1. The zero-order valence-electron chi connectivity index (χ0n) is 10.9. The second-order valence-electron chi connectivity index (χ2n) is 4.34. The Morgan fingerprint density at radius 2 is 1.74 bits per heavy atom. The van der Waals surface area contributed by atoms with Gasteiger partial charge in [0.05, 0.1) is 19.9 Å². The molecule has 3 aromatic rings. The summed E-state index contributed by atoms with van der Waals surface area (Å²) in [5.41, 5.74) is 3.19. The van der Waals surface area contributed by atoms with Gasteiger partial charge in [-0.25, -0.2) is 0 Å². The van der Waals surface area contributed by atoms with Crippen LogP contribution in [0.25, 0.3) is 22.2 Å². The lowest BCUT2D eigenvalue weighted by atomic mass is 10.1. The van der Waals surface area contributed by atoms with Gasteiger partial charge >= 0.3 is 0 Å². The third-order valence-electron chi connectivity index (χ3n) is 3.23. The first kappa shape index (κ1) is 11.7. The summed E-state index contributed by atoms with van der Waals surface area (Å²) in [7, 11) is 3.32. The van der Waals surface area contributed by atoms with Crippen molar-refractivity contribution in [1.82, 2.24) is 4.98 Å². The van der Waals surface area contributed by atoms with Gasteiger partial charge in [0.15, 0.2) is 0 Å². The number of H-pyrrole nitrogens is 1. The molecule has 0 bridgehead atoms. The fourth-order valence-electron chi connectivity index (χ4n) is 2.24. The van der Waals surface area contributed by atoms with Crippen molar-refractivity contribution in [2.75, 3.05) is 14.2 Å². The molecule has 1 heterocycles. The van der Waals surface area contributed by atoms with Crippen LogP contribution in [0.3, 0.4) is 0 Å². The number of rotatable bonds is 3. The molecule has 3 rings (SSSR count). The molecule has 1 N–H and O–H groups in total. The number of hydrogen-bond acceptors (Lipinski definition) is 2. The zero-order valence-corrected chi connectivity index (χ0v) is 10.9. The molecule has 3 nitrogen and oxygen atoms in total. The summed E-state index contributed by atoms with van der Waals surface area (Å²) in [4.78, 5) is 3.40. The quantitative estimate of drug-likeness (QED) is 0.769. The largest absolute Gasteiger partial charge is 0.497 e. The van der Waals surface area contributed by atoms with Gasteiger partial charge < -0.3 is 14.5 Å². The lowest BCUT2D eigenvalue weighted by molar-refractivity contribution is 0.395. The molecule has 3 heteroatoms. The maximum Gasteiger partial charge on any atom is 0.131 e. The van der Waals surface area contributed by atoms with Crippen molar-refractivity contribution in [3.05, 3.63) is 48.5 Å². The van der Waals surface area contributed by atoms with Crippen molar-refractivity contribution in [3.63, 3.8) is 0 Å². The zero-order chi connectivity index (χ0) is 13.2. The first-order valence-corrected chi connectivity index (χ1v) is 6.12. The summed E-state index contributed by atoms with van der Waals surface area (Å²) in [6.45, 7) is 0. The molecule has 0 saturated heterocycles. The molecule has 1 aromatic heterocycles. The average molecular weight is 253 g/mol. The minimum Gasteiger partial charge on any atom is -0.497 e. The molecule has 0 atom stereocenters. The number of methoxy groups -OCH3 is 2. The van der Waals surface area contributed by atoms with Gasteiger partial charge in [0.25, 0.3) is 0 Å². The fourth-order valence-corrected chi connectivity index (χ4v) is 2.24. The van der Waals surface area contributed by atoms with Gasteiger partial charge in [-0.05, 0) is 24.3 Å². The number of nitrogens with one attached hydrogen (secondary N) is 1. The Morgan fingerprint density at radius 3 is 2.47 bits per heavy atom. The minimum absolute atomic E-state index is 0.789. The van der Waals surface area contributed by atoms with Crippen LogP contribution in [0.4, 0.5) is 0 Å². The lowest BCUT2D eigenvalue weighted by Gasteiger charge is -2.08. The predicted octanol–water partition coefficient (Wildman–Crippen LogP) is 3.85. The molecular weight excluding hydrogens is 238 g/mol. The molecule has 96 valence electrons. The molecule has 0 unspecified atom stereocenters. The van der Waals surface area contributed by atoms with Gasteiger partial charge in [-0.3, -0.25) is 0 Å². The Balaban J connectivity index is 2.15. The van der Waals surface area contributed by atoms with Gasteiger partial charge in [-0.1, -0.05) is 18.2 Å². The van der Waals surface area contributed by atoms with Crippen LogP contribution in [-0.4, -0.2) is 19.2 Å². The molecular formula is C16H15NO2. The van der Waals surface area contributed by atoms with E-state index >= 15 is 0 Å². The van der Waals surface area contributed by atoms with Crippen molar-refractivity contribution in [3.8, 4) is 22.8 Å². The van der Waals surface area contributed by atoms with E-state index in [4.69, 9.17) is 9.47 Å². The van der Waals surface area contributed by atoms with E-state index in [-0.39, 0.29) is 0 Å². The van der Waals surface area contributed by atoms with E-state index in [1.807, 2.05) is 30.3 Å². The standard InChI is InChI=1S/C16H15NO2/c1-18-12-7-8-13(16(10-12)19-2)15-9-11-5-3-4-6-14(11)17-15/h3-10,17H,1-2H3. The summed E-state index contributed by atoms with van der Waals surface area (Å²) < 4.78 is 10.7. The van der Waals surface area contributed by atoms with E-state index in [2.05, 4.69) is 23.2 Å². The van der Waals surface area contributed by atoms with Gasteiger partial charge in [0.2, 0.25) is 0 Å². The summed E-state index contributed by atoms with van der Waals surface area (Å²) >= 11 is 0. The van der Waals surface area contributed by atoms with Crippen LogP contribution in [-0.2, 0) is 0 Å². The average Bonchev–Trinajstić information content (AvgIpc) is 2.90. The maximum atomic E-state index is 5.44. The Labute approximate surface area is 111 Å². The molecule has 0 aliphatic heterocycles. The molecule has 0 aliphatic rings. The summed E-state index contributed by atoms with van der Waals surface area (Å²) in [6, 6.07) is 16.2. The number of fused-ring (bicyclic) bond motifs is 1. The van der Waals surface area contributed by atoms with E-state index in [9.17, 15) is 0 Å². The fraction of sp³-hybridized carbons (Fsp3) is 0.125. The third-order valence-corrected chi connectivity index (χ3v) is 3.23. The van der Waals surface area contributed by atoms with Crippen LogP contribution >= 0.6 is 0 Å². The van der Waals surface area contributed by atoms with Crippen LogP contribution < -0.4 is 9.47 Å². The molecule has 0 spiro atoms. The van der Waals surface area contributed by atoms with Gasteiger partial charge in [0.1, 0.15) is 11.5 Å². The molecule has 0 radical (unpaired) electrons. The Kier molecular flexibility index (Phi) is 2.88. The minimum atomic E-state index is 0.789. The highest BCUT2D eigenvalue weighted by molar-refractivity contribution is 5.87. The van der Waals surface area contributed by atoms with Crippen LogP contribution in [0.15, 0.2) is 48.5 Å². The Morgan fingerprint density at radius 1 is 0.895 bits per heavy atom. The molecule has 0 amide bonds. The van der Waals surface area contributed by atoms with E-state index in [0.29, 0.717) is 0 Å². The Bertz CT molecular complexity index is 683. The van der Waals surface area contributed by atoms with Crippen molar-refractivity contribution in [2.45, 2.75) is 0 Å². The number of benzene rings is 2. The normalized spacial score (nSPS) is 10.6. The molecule has 2 aromatic carbocycles. The van der Waals surface area contributed by atoms with E-state index in [0.717, 1.165) is 28.3 Å². The van der Waals surface area contributed by atoms with Gasteiger partial charge in [-0.15, -0.1) is 0 Å². The molecule has 0 fully saturated rings. The predicted molar refractivity (Wildman–Crippen MR) is 76.8 cm³/mol. The number of ether oxygens (including phenoxy) is 2. The van der Waals surface area contributed by atoms with Crippen LogP contribution in [0.2, 0.25) is 0 Å². The van der Waals surface area contributed by atoms with Crippen LogP contribution in [0.1, 0.15) is 0 Å². The highest BCUT2D eigenvalue weighted by atomic mass is 16.5. The molecule has 0 aliphatic carbocycles. The van der Waals surface area contributed by atoms with E-state index in [1.165, 1.54) is 5.39 Å². The topological polar surface area (TPSA) is 34.2 Å². The van der Waals surface area contributed by atoms with E-state index in [1.54, 1.807) is 14.2 Å². The van der Waals surface area contributed by atoms with Crippen LogP contribution in [0, 0.1) is 0 Å². The van der Waals surface area contributed by atoms with Gasteiger partial charge in [-0.2, -0.15) is 0 Å². The first-order chi connectivity index (χ1) is 9.31. The lowest BCUT2D eigenvalue weighted by Crippen LogP contribution is -1.90. The van der Waals surface area contributed by atoms with Crippen molar-refractivity contribution in [1.29, 1.82) is 0 Å². The number of hydrogen-bond donors (Lipinski definition) is 1. The number of para-hydroxylation sites is 1. The first-order valence-electron chi connectivity index (χ1n) is 6.12. The third kappa shape index (κ3) is 2.03. The van der Waals surface area contributed by atoms with Crippen molar-refractivity contribution < 1.29 is 9.47 Å². The molecule has 19 heavy (non-hydrogen) atoms. The van der Waals surface area contributed by atoms with Crippen molar-refractivity contribution >= 4 is 10.9 Å². The summed E-state index contributed by atoms with van der Waals surface area (Å²) in [5, 5.41) is 1.19. The van der Waals surface area contributed by atoms with E-state index < -0.39 is 0 Å².